The van der Waals surface area contributed by atoms with Crippen molar-refractivity contribution in [3.05, 3.63) is 41.6 Å². The molecule has 1 rings (SSSR count). The quantitative estimate of drug-likeness (QED) is 0.366. The third-order valence-electron chi connectivity index (χ3n) is 3.00. The molecule has 7 nitrogen and oxygen atoms in total. The van der Waals surface area contributed by atoms with Crippen LogP contribution in [0.2, 0.25) is 0 Å². The van der Waals surface area contributed by atoms with Crippen LogP contribution in [0.5, 0.6) is 0 Å². The lowest BCUT2D eigenvalue weighted by molar-refractivity contribution is -0.112. The van der Waals surface area contributed by atoms with Gasteiger partial charge in [-0.2, -0.15) is 5.26 Å². The molecule has 23 heavy (non-hydrogen) atoms. The Labute approximate surface area is 134 Å². The fourth-order valence-corrected chi connectivity index (χ4v) is 1.81. The molecule has 1 aromatic rings. The molecule has 0 aliphatic rings. The molecule has 0 spiro atoms. The fourth-order valence-electron chi connectivity index (χ4n) is 1.81. The van der Waals surface area contributed by atoms with Crippen LogP contribution >= 0.6 is 0 Å². The molecule has 0 aliphatic carbocycles. The van der Waals surface area contributed by atoms with Crippen LogP contribution in [-0.2, 0) is 4.79 Å². The summed E-state index contributed by atoms with van der Waals surface area (Å²) in [5.41, 5.74) is 0.829. The van der Waals surface area contributed by atoms with Crippen molar-refractivity contribution in [2.24, 2.45) is 0 Å². The van der Waals surface area contributed by atoms with E-state index < -0.39 is 5.91 Å². The number of hydrogen-bond donors (Lipinski definition) is 3. The van der Waals surface area contributed by atoms with E-state index in [4.69, 9.17) is 15.5 Å². The Morgan fingerprint density at radius 2 is 1.78 bits per heavy atom. The van der Waals surface area contributed by atoms with Crippen LogP contribution in [0, 0.1) is 11.3 Å². The molecule has 0 radical (unpaired) electrons. The molecule has 0 unspecified atom stereocenters. The molecule has 0 bridgehead atoms. The Balaban J connectivity index is 2.83. The van der Waals surface area contributed by atoms with E-state index in [2.05, 4.69) is 5.32 Å². The Hall–Kier alpha value is -2.69. The molecule has 0 saturated carbocycles. The van der Waals surface area contributed by atoms with Gasteiger partial charge in [-0.25, -0.2) is 0 Å². The van der Waals surface area contributed by atoms with Gasteiger partial charge in [-0.3, -0.25) is 9.59 Å². The fraction of sp³-hybridized carbons (Fsp3) is 0.312. The summed E-state index contributed by atoms with van der Waals surface area (Å²) in [7, 11) is 0. The summed E-state index contributed by atoms with van der Waals surface area (Å²) in [5.74, 6) is -0.687. The standard InChI is InChI=1S/C16H19N3O4/c1-12(22)13-2-4-15(5-3-13)18-16(23)14(10-17)11-19(6-8-20)7-9-21/h2-5,11,20-21H,6-9H2,1H3,(H,18,23)/b14-11-. The second-order valence-electron chi connectivity index (χ2n) is 4.73. The molecule has 1 amide bonds. The predicted octanol–water partition coefficient (Wildman–Crippen LogP) is 0.522. The minimum atomic E-state index is -0.607. The van der Waals surface area contributed by atoms with Gasteiger partial charge in [0, 0.05) is 30.5 Å². The smallest absolute Gasteiger partial charge is 0.267 e. The zero-order chi connectivity index (χ0) is 17.2. The number of rotatable bonds is 8. The molecule has 7 heteroatoms. The van der Waals surface area contributed by atoms with E-state index in [0.717, 1.165) is 0 Å². The third kappa shape index (κ3) is 5.90. The summed E-state index contributed by atoms with van der Waals surface area (Å²) < 4.78 is 0. The number of Topliss-reactive ketones (excluding diaryl/α,β-unsaturated/α-hetero) is 1. The number of aliphatic hydroxyl groups is 2. The van der Waals surface area contributed by atoms with Crippen molar-refractivity contribution >= 4 is 17.4 Å². The maximum absolute atomic E-state index is 12.1. The van der Waals surface area contributed by atoms with E-state index in [0.29, 0.717) is 11.3 Å². The Bertz CT molecular complexity index is 611. The highest BCUT2D eigenvalue weighted by Crippen LogP contribution is 2.11. The second-order valence-corrected chi connectivity index (χ2v) is 4.73. The summed E-state index contributed by atoms with van der Waals surface area (Å²) in [6.07, 6.45) is 1.30. The molecule has 1 aromatic carbocycles. The zero-order valence-electron chi connectivity index (χ0n) is 12.8. The van der Waals surface area contributed by atoms with Crippen molar-refractivity contribution < 1.29 is 19.8 Å². The van der Waals surface area contributed by atoms with Gasteiger partial charge in [0.1, 0.15) is 11.6 Å². The summed E-state index contributed by atoms with van der Waals surface area (Å²) >= 11 is 0. The topological polar surface area (TPSA) is 114 Å². The molecule has 0 aromatic heterocycles. The highest BCUT2D eigenvalue weighted by molar-refractivity contribution is 6.06. The number of aliphatic hydroxyl groups excluding tert-OH is 2. The van der Waals surface area contributed by atoms with E-state index in [1.54, 1.807) is 30.3 Å². The number of carbonyl (C=O) groups excluding carboxylic acids is 2. The molecule has 122 valence electrons. The number of anilines is 1. The minimum absolute atomic E-state index is 0.0795. The molecule has 3 N–H and O–H groups in total. The number of nitrogens with one attached hydrogen (secondary N) is 1. The number of nitriles is 1. The normalized spacial score (nSPS) is 10.8. The van der Waals surface area contributed by atoms with E-state index in [9.17, 15) is 9.59 Å². The van der Waals surface area contributed by atoms with Crippen LogP contribution in [0.25, 0.3) is 0 Å². The molecule has 0 fully saturated rings. The lowest BCUT2D eigenvalue weighted by atomic mass is 10.1. The summed E-state index contributed by atoms with van der Waals surface area (Å²) in [4.78, 5) is 24.8. The monoisotopic (exact) mass is 317 g/mol. The van der Waals surface area contributed by atoms with Gasteiger partial charge in [0.05, 0.1) is 13.2 Å². The van der Waals surface area contributed by atoms with Gasteiger partial charge in [0.15, 0.2) is 5.78 Å². The first-order chi connectivity index (χ1) is 11.0. The van der Waals surface area contributed by atoms with Crippen molar-refractivity contribution in [3.63, 3.8) is 0 Å². The number of ketones is 1. The van der Waals surface area contributed by atoms with Crippen molar-refractivity contribution in [2.45, 2.75) is 6.92 Å². The van der Waals surface area contributed by atoms with Gasteiger partial charge in [-0.1, -0.05) is 0 Å². The summed E-state index contributed by atoms with van der Waals surface area (Å²) in [6.45, 7) is 1.52. The van der Waals surface area contributed by atoms with Gasteiger partial charge in [0.25, 0.3) is 5.91 Å². The van der Waals surface area contributed by atoms with E-state index in [1.165, 1.54) is 18.0 Å². The van der Waals surface area contributed by atoms with Gasteiger partial charge in [0.2, 0.25) is 0 Å². The van der Waals surface area contributed by atoms with E-state index in [-0.39, 0.29) is 37.7 Å². The lowest BCUT2D eigenvalue weighted by Gasteiger charge is -2.18. The molecule has 0 heterocycles. The zero-order valence-corrected chi connectivity index (χ0v) is 12.8. The van der Waals surface area contributed by atoms with Crippen molar-refractivity contribution in [1.82, 2.24) is 4.90 Å². The number of benzene rings is 1. The van der Waals surface area contributed by atoms with Gasteiger partial charge in [-0.15, -0.1) is 0 Å². The first-order valence-electron chi connectivity index (χ1n) is 7.02. The molecular weight excluding hydrogens is 298 g/mol. The molecular formula is C16H19N3O4. The number of carbonyl (C=O) groups is 2. The third-order valence-corrected chi connectivity index (χ3v) is 3.00. The second kappa shape index (κ2) is 9.35. The number of amides is 1. The van der Waals surface area contributed by atoms with Crippen LogP contribution in [0.15, 0.2) is 36.0 Å². The van der Waals surface area contributed by atoms with Crippen LogP contribution < -0.4 is 5.32 Å². The average molecular weight is 317 g/mol. The summed E-state index contributed by atoms with van der Waals surface area (Å²) in [6, 6.07) is 8.10. The number of nitrogens with zero attached hydrogens (tertiary/aromatic N) is 2. The average Bonchev–Trinajstić information content (AvgIpc) is 2.53. The maximum atomic E-state index is 12.1. The molecule has 0 atom stereocenters. The van der Waals surface area contributed by atoms with Gasteiger partial charge >= 0.3 is 0 Å². The predicted molar refractivity (Wildman–Crippen MR) is 84.5 cm³/mol. The Morgan fingerprint density at radius 3 is 2.22 bits per heavy atom. The first kappa shape index (κ1) is 18.4. The van der Waals surface area contributed by atoms with Crippen LogP contribution in [0.3, 0.4) is 0 Å². The Morgan fingerprint density at radius 1 is 1.22 bits per heavy atom. The van der Waals surface area contributed by atoms with E-state index >= 15 is 0 Å². The van der Waals surface area contributed by atoms with Gasteiger partial charge < -0.3 is 20.4 Å². The van der Waals surface area contributed by atoms with E-state index in [1.807, 2.05) is 0 Å². The number of hydrogen-bond acceptors (Lipinski definition) is 6. The van der Waals surface area contributed by atoms with Crippen LogP contribution in [-0.4, -0.2) is 53.1 Å². The lowest BCUT2D eigenvalue weighted by Crippen LogP contribution is -2.26. The highest BCUT2D eigenvalue weighted by atomic mass is 16.3. The first-order valence-corrected chi connectivity index (χ1v) is 7.02. The van der Waals surface area contributed by atoms with Gasteiger partial charge in [-0.05, 0) is 31.2 Å². The van der Waals surface area contributed by atoms with Crippen LogP contribution in [0.4, 0.5) is 5.69 Å². The highest BCUT2D eigenvalue weighted by Gasteiger charge is 2.12. The largest absolute Gasteiger partial charge is 0.395 e. The summed E-state index contributed by atoms with van der Waals surface area (Å²) in [5, 5.41) is 29.5. The molecule has 0 saturated heterocycles. The van der Waals surface area contributed by atoms with Crippen molar-refractivity contribution in [2.75, 3.05) is 31.6 Å². The Kier molecular flexibility index (Phi) is 7.47. The van der Waals surface area contributed by atoms with Crippen molar-refractivity contribution in [3.8, 4) is 6.07 Å². The minimum Gasteiger partial charge on any atom is -0.395 e. The van der Waals surface area contributed by atoms with Crippen LogP contribution in [0.1, 0.15) is 17.3 Å². The van der Waals surface area contributed by atoms with Crippen molar-refractivity contribution in [1.29, 1.82) is 5.26 Å². The SMILES string of the molecule is CC(=O)c1ccc(NC(=O)/C(C#N)=C\N(CCO)CCO)cc1. The maximum Gasteiger partial charge on any atom is 0.267 e. The molecule has 0 aliphatic heterocycles.